The zero-order valence-electron chi connectivity index (χ0n) is 13.1. The van der Waals surface area contributed by atoms with Gasteiger partial charge in [0, 0.05) is 16.7 Å². The van der Waals surface area contributed by atoms with Crippen molar-refractivity contribution in [2.45, 2.75) is 25.7 Å². The summed E-state index contributed by atoms with van der Waals surface area (Å²) in [7, 11) is 0. The maximum absolute atomic E-state index is 11.1. The second kappa shape index (κ2) is 8.33. The first-order valence-electron chi connectivity index (χ1n) is 7.40. The van der Waals surface area contributed by atoms with E-state index in [1.807, 2.05) is 0 Å². The number of non-ortho nitro benzene ring substituents is 1. The van der Waals surface area contributed by atoms with Crippen LogP contribution in [0.4, 0.5) is 17.1 Å². The molecule has 0 aromatic heterocycles. The summed E-state index contributed by atoms with van der Waals surface area (Å²) in [6.07, 6.45) is 3.30. The number of hydrazine groups is 1. The van der Waals surface area contributed by atoms with Crippen LogP contribution in [0.25, 0.3) is 0 Å². The topological polar surface area (TPSA) is 148 Å². The van der Waals surface area contributed by atoms with E-state index in [9.17, 15) is 25.0 Å². The van der Waals surface area contributed by atoms with Crippen LogP contribution in [0.15, 0.2) is 28.8 Å². The van der Waals surface area contributed by atoms with Gasteiger partial charge in [-0.15, -0.1) is 11.8 Å². The lowest BCUT2D eigenvalue weighted by atomic mass is 10.1. The molecule has 0 saturated heterocycles. The molecule has 0 saturated carbocycles. The Morgan fingerprint density at radius 1 is 1.16 bits per heavy atom. The van der Waals surface area contributed by atoms with Crippen molar-refractivity contribution in [1.82, 2.24) is 5.43 Å². The van der Waals surface area contributed by atoms with E-state index in [0.29, 0.717) is 6.42 Å². The zero-order chi connectivity index (χ0) is 18.4. The third-order valence-corrected chi connectivity index (χ3v) is 4.71. The molecule has 0 radical (unpaired) electrons. The summed E-state index contributed by atoms with van der Waals surface area (Å²) >= 11 is 1.22. The second-order valence-electron chi connectivity index (χ2n) is 5.26. The molecule has 1 aliphatic rings. The SMILES string of the molecule is O=C(O)CSC1=C(NNc2ccc([N+](=O)[O-])cc2[N+](=O)[O-])CCCC1. The Labute approximate surface area is 146 Å². The highest BCUT2D eigenvalue weighted by molar-refractivity contribution is 8.03. The van der Waals surface area contributed by atoms with E-state index in [0.717, 1.165) is 35.9 Å². The number of carboxylic acid groups (broad SMARTS) is 1. The number of nitrogens with one attached hydrogen (secondary N) is 2. The maximum atomic E-state index is 11.1. The molecule has 1 aromatic carbocycles. The predicted molar refractivity (Wildman–Crippen MR) is 92.1 cm³/mol. The summed E-state index contributed by atoms with van der Waals surface area (Å²) < 4.78 is 0. The van der Waals surface area contributed by atoms with Crippen LogP contribution in [-0.2, 0) is 4.79 Å². The highest BCUT2D eigenvalue weighted by Gasteiger charge is 2.20. The number of nitro benzene ring substituents is 2. The van der Waals surface area contributed by atoms with Gasteiger partial charge in [0.05, 0.1) is 21.7 Å². The van der Waals surface area contributed by atoms with Crippen molar-refractivity contribution in [3.05, 3.63) is 49.0 Å². The molecule has 3 N–H and O–H groups in total. The Bertz CT molecular complexity index is 736. The molecular weight excluding hydrogens is 352 g/mol. The van der Waals surface area contributed by atoms with Gasteiger partial charge in [0.1, 0.15) is 5.69 Å². The summed E-state index contributed by atoms with van der Waals surface area (Å²) in [5, 5.41) is 30.7. The fourth-order valence-corrected chi connectivity index (χ4v) is 3.26. The first kappa shape index (κ1) is 18.5. The minimum Gasteiger partial charge on any atom is -0.481 e. The van der Waals surface area contributed by atoms with Gasteiger partial charge in [0.25, 0.3) is 5.69 Å². The minimum atomic E-state index is -0.915. The number of aliphatic carboxylic acids is 1. The monoisotopic (exact) mass is 368 g/mol. The maximum Gasteiger partial charge on any atom is 0.313 e. The largest absolute Gasteiger partial charge is 0.481 e. The lowest BCUT2D eigenvalue weighted by Crippen LogP contribution is -2.24. The van der Waals surface area contributed by atoms with E-state index in [1.54, 1.807) is 0 Å². The Morgan fingerprint density at radius 3 is 2.52 bits per heavy atom. The molecule has 0 bridgehead atoms. The lowest BCUT2D eigenvalue weighted by molar-refractivity contribution is -0.393. The highest BCUT2D eigenvalue weighted by Crippen LogP contribution is 2.32. The number of thioether (sulfide) groups is 1. The Morgan fingerprint density at radius 2 is 1.88 bits per heavy atom. The summed E-state index contributed by atoms with van der Waals surface area (Å²) in [4.78, 5) is 32.1. The molecule has 2 rings (SSSR count). The quantitative estimate of drug-likeness (QED) is 0.465. The summed E-state index contributed by atoms with van der Waals surface area (Å²) in [5.74, 6) is -0.973. The first-order chi connectivity index (χ1) is 11.9. The molecular formula is C14H16N4O6S. The molecule has 134 valence electrons. The lowest BCUT2D eigenvalue weighted by Gasteiger charge is -2.21. The summed E-state index contributed by atoms with van der Waals surface area (Å²) in [6, 6.07) is 3.32. The van der Waals surface area contributed by atoms with Gasteiger partial charge in [-0.05, 0) is 31.7 Å². The van der Waals surface area contributed by atoms with E-state index in [-0.39, 0.29) is 17.1 Å². The molecule has 1 aromatic rings. The van der Waals surface area contributed by atoms with Gasteiger partial charge in [0.2, 0.25) is 0 Å². The zero-order valence-corrected chi connectivity index (χ0v) is 13.9. The van der Waals surface area contributed by atoms with Gasteiger partial charge < -0.3 is 10.5 Å². The molecule has 0 aliphatic heterocycles. The van der Waals surface area contributed by atoms with Crippen LogP contribution in [0.5, 0.6) is 0 Å². The van der Waals surface area contributed by atoms with Crippen molar-refractivity contribution in [3.63, 3.8) is 0 Å². The Balaban J connectivity index is 2.17. The number of carboxylic acids is 1. The van der Waals surface area contributed by atoms with Crippen LogP contribution in [-0.4, -0.2) is 26.7 Å². The normalized spacial score (nSPS) is 14.1. The Kier molecular flexibility index (Phi) is 6.17. The minimum absolute atomic E-state index is 0.0573. The molecule has 11 heteroatoms. The number of carbonyl (C=O) groups is 1. The molecule has 0 fully saturated rings. The predicted octanol–water partition coefficient (Wildman–Crippen LogP) is 3.02. The van der Waals surface area contributed by atoms with E-state index < -0.39 is 21.5 Å². The van der Waals surface area contributed by atoms with Crippen molar-refractivity contribution in [2.24, 2.45) is 0 Å². The molecule has 0 spiro atoms. The van der Waals surface area contributed by atoms with Gasteiger partial charge in [-0.1, -0.05) is 0 Å². The van der Waals surface area contributed by atoms with Crippen molar-refractivity contribution in [1.29, 1.82) is 0 Å². The number of hydrogen-bond acceptors (Lipinski definition) is 8. The smallest absolute Gasteiger partial charge is 0.313 e. The van der Waals surface area contributed by atoms with Crippen LogP contribution in [0.3, 0.4) is 0 Å². The molecule has 0 heterocycles. The fourth-order valence-electron chi connectivity index (χ4n) is 2.35. The van der Waals surface area contributed by atoms with Crippen LogP contribution < -0.4 is 10.9 Å². The van der Waals surface area contributed by atoms with Gasteiger partial charge in [-0.25, -0.2) is 0 Å². The van der Waals surface area contributed by atoms with Crippen molar-refractivity contribution >= 4 is 34.8 Å². The standard InChI is InChI=1S/C14H16N4O6S/c19-14(20)8-25-13-4-2-1-3-11(13)16-15-10-6-5-9(17(21)22)7-12(10)18(23)24/h5-7,15-16H,1-4,8H2,(H,19,20). The van der Waals surface area contributed by atoms with E-state index >= 15 is 0 Å². The van der Waals surface area contributed by atoms with Crippen molar-refractivity contribution in [3.8, 4) is 0 Å². The number of allylic oxidation sites excluding steroid dienone is 2. The third kappa shape index (κ3) is 5.08. The number of anilines is 1. The second-order valence-corrected chi connectivity index (χ2v) is 6.33. The van der Waals surface area contributed by atoms with E-state index in [4.69, 9.17) is 5.11 Å². The summed E-state index contributed by atoms with van der Waals surface area (Å²) in [5.41, 5.74) is 5.70. The molecule has 0 atom stereocenters. The highest BCUT2D eigenvalue weighted by atomic mass is 32.2. The number of nitrogens with zero attached hydrogens (tertiary/aromatic N) is 2. The summed E-state index contributed by atoms with van der Waals surface area (Å²) in [6.45, 7) is 0. The van der Waals surface area contributed by atoms with Gasteiger partial charge in [0.15, 0.2) is 0 Å². The van der Waals surface area contributed by atoms with Gasteiger partial charge in [-0.3, -0.25) is 30.4 Å². The molecule has 0 unspecified atom stereocenters. The number of benzene rings is 1. The van der Waals surface area contributed by atoms with Gasteiger partial charge >= 0.3 is 11.7 Å². The number of nitro groups is 2. The van der Waals surface area contributed by atoms with E-state index in [2.05, 4.69) is 10.9 Å². The number of rotatable bonds is 8. The molecule has 25 heavy (non-hydrogen) atoms. The van der Waals surface area contributed by atoms with E-state index in [1.165, 1.54) is 23.9 Å². The molecule has 1 aliphatic carbocycles. The van der Waals surface area contributed by atoms with Crippen molar-refractivity contribution in [2.75, 3.05) is 11.2 Å². The third-order valence-electron chi connectivity index (χ3n) is 3.52. The molecule has 0 amide bonds. The van der Waals surface area contributed by atoms with Crippen LogP contribution in [0, 0.1) is 20.2 Å². The Hall–Kier alpha value is -2.82. The average molecular weight is 368 g/mol. The first-order valence-corrected chi connectivity index (χ1v) is 8.38. The van der Waals surface area contributed by atoms with Gasteiger partial charge in [-0.2, -0.15) is 0 Å². The number of hydrogen-bond donors (Lipinski definition) is 3. The van der Waals surface area contributed by atoms with Crippen LogP contribution in [0.1, 0.15) is 25.7 Å². The van der Waals surface area contributed by atoms with Crippen LogP contribution >= 0.6 is 11.8 Å². The van der Waals surface area contributed by atoms with Crippen molar-refractivity contribution < 1.29 is 19.7 Å². The molecule has 10 nitrogen and oxygen atoms in total. The fraction of sp³-hybridized carbons (Fsp3) is 0.357. The van der Waals surface area contributed by atoms with Crippen LogP contribution in [0.2, 0.25) is 0 Å². The average Bonchev–Trinajstić information content (AvgIpc) is 2.58.